The van der Waals surface area contributed by atoms with Gasteiger partial charge in [0.2, 0.25) is 5.91 Å². The maximum Gasteiger partial charge on any atom is 0.223 e. The third kappa shape index (κ3) is 5.92. The number of rotatable bonds is 6. The van der Waals surface area contributed by atoms with Crippen LogP contribution in [0.5, 0.6) is 11.5 Å². The number of piperidine rings is 1. The summed E-state index contributed by atoms with van der Waals surface area (Å²) in [7, 11) is 1.62. The molecule has 0 aromatic heterocycles. The lowest BCUT2D eigenvalue weighted by Crippen LogP contribution is -2.44. The fourth-order valence-corrected chi connectivity index (χ4v) is 2.73. The summed E-state index contributed by atoms with van der Waals surface area (Å²) in [5, 5.41) is 6.36. The first-order valence-electron chi connectivity index (χ1n) is 7.91. The zero-order valence-corrected chi connectivity index (χ0v) is 14.8. The Kier molecular flexibility index (Phi) is 8.20. The predicted octanol–water partition coefficient (Wildman–Crippen LogP) is 2.39. The Morgan fingerprint density at radius 2 is 2.09 bits per heavy atom. The van der Waals surface area contributed by atoms with Crippen LogP contribution in [0.3, 0.4) is 0 Å². The van der Waals surface area contributed by atoms with Gasteiger partial charge in [0.05, 0.1) is 13.7 Å². The van der Waals surface area contributed by atoms with Crippen LogP contribution in [0.2, 0.25) is 0 Å². The second kappa shape index (κ2) is 9.63. The van der Waals surface area contributed by atoms with Crippen LogP contribution in [0.1, 0.15) is 26.7 Å². The molecule has 5 nitrogen and oxygen atoms in total. The summed E-state index contributed by atoms with van der Waals surface area (Å²) < 4.78 is 11.1. The number of ether oxygens (including phenoxy) is 2. The van der Waals surface area contributed by atoms with Gasteiger partial charge in [-0.05, 0) is 45.4 Å². The number of hydrogen-bond donors (Lipinski definition) is 2. The van der Waals surface area contributed by atoms with Crippen LogP contribution in [0.15, 0.2) is 24.3 Å². The van der Waals surface area contributed by atoms with E-state index in [2.05, 4.69) is 17.6 Å². The van der Waals surface area contributed by atoms with Crippen LogP contribution in [0, 0.1) is 5.92 Å². The standard InChI is InChI=1S/C17H26N2O3.ClH/c1-12-10-14(8-9-18-12)17(20)19-11-13(2)22-16-7-5-4-6-15(16)21-3;/h4-7,12-14,18H,8-11H2,1-3H3,(H,19,20);1H/t12-,13?,14-;/m0./s1. The highest BCUT2D eigenvalue weighted by molar-refractivity contribution is 5.85. The van der Waals surface area contributed by atoms with Crippen LogP contribution in [0.25, 0.3) is 0 Å². The SMILES string of the molecule is COc1ccccc1OC(C)CNC(=O)[C@H]1CCN[C@@H](C)C1.Cl. The number of carbonyl (C=O) groups excluding carboxylic acids is 1. The van der Waals surface area contributed by atoms with Crippen molar-refractivity contribution < 1.29 is 14.3 Å². The molecule has 6 heteroatoms. The van der Waals surface area contributed by atoms with Gasteiger partial charge in [0.25, 0.3) is 0 Å². The van der Waals surface area contributed by atoms with E-state index in [1.165, 1.54) is 0 Å². The van der Waals surface area contributed by atoms with Gasteiger partial charge in [0.1, 0.15) is 6.10 Å². The lowest BCUT2D eigenvalue weighted by molar-refractivity contribution is -0.126. The average molecular weight is 343 g/mol. The minimum Gasteiger partial charge on any atom is -0.493 e. The maximum atomic E-state index is 12.2. The number of para-hydroxylation sites is 2. The number of halogens is 1. The third-order valence-electron chi connectivity index (χ3n) is 3.96. The molecule has 0 spiro atoms. The van der Waals surface area contributed by atoms with Crippen molar-refractivity contribution in [2.45, 2.75) is 38.8 Å². The van der Waals surface area contributed by atoms with Crippen molar-refractivity contribution in [2.75, 3.05) is 20.2 Å². The lowest BCUT2D eigenvalue weighted by atomic mass is 9.92. The van der Waals surface area contributed by atoms with E-state index in [1.54, 1.807) is 7.11 Å². The van der Waals surface area contributed by atoms with Crippen LogP contribution in [-0.4, -0.2) is 38.3 Å². The van der Waals surface area contributed by atoms with E-state index in [-0.39, 0.29) is 30.3 Å². The molecule has 1 aromatic carbocycles. The Balaban J connectivity index is 0.00000264. The highest BCUT2D eigenvalue weighted by Crippen LogP contribution is 2.26. The quantitative estimate of drug-likeness (QED) is 0.833. The molecule has 1 unspecified atom stereocenters. The molecule has 1 aliphatic rings. The van der Waals surface area contributed by atoms with Gasteiger partial charge in [-0.3, -0.25) is 4.79 Å². The van der Waals surface area contributed by atoms with Crippen molar-refractivity contribution in [3.8, 4) is 11.5 Å². The smallest absolute Gasteiger partial charge is 0.223 e. The summed E-state index contributed by atoms with van der Waals surface area (Å²) in [5.41, 5.74) is 0. The largest absolute Gasteiger partial charge is 0.493 e. The van der Waals surface area contributed by atoms with E-state index in [0.717, 1.165) is 19.4 Å². The van der Waals surface area contributed by atoms with Crippen LogP contribution < -0.4 is 20.1 Å². The maximum absolute atomic E-state index is 12.2. The minimum absolute atomic E-state index is 0. The second-order valence-corrected chi connectivity index (χ2v) is 5.90. The molecule has 1 aromatic rings. The topological polar surface area (TPSA) is 59.6 Å². The van der Waals surface area contributed by atoms with Gasteiger partial charge in [-0.25, -0.2) is 0 Å². The molecular weight excluding hydrogens is 316 g/mol. The zero-order valence-electron chi connectivity index (χ0n) is 14.0. The van der Waals surface area contributed by atoms with Crippen molar-refractivity contribution >= 4 is 18.3 Å². The molecule has 130 valence electrons. The van der Waals surface area contributed by atoms with Crippen LogP contribution >= 0.6 is 12.4 Å². The van der Waals surface area contributed by atoms with Crippen molar-refractivity contribution in [1.82, 2.24) is 10.6 Å². The summed E-state index contributed by atoms with van der Waals surface area (Å²) in [6.45, 7) is 5.46. The molecule has 1 fully saturated rings. The molecule has 1 saturated heterocycles. The molecule has 1 aliphatic heterocycles. The molecule has 0 bridgehead atoms. The van der Waals surface area contributed by atoms with E-state index in [4.69, 9.17) is 9.47 Å². The molecule has 2 rings (SSSR count). The van der Waals surface area contributed by atoms with E-state index in [0.29, 0.717) is 24.1 Å². The first-order chi connectivity index (χ1) is 10.6. The summed E-state index contributed by atoms with van der Waals surface area (Å²) in [6.07, 6.45) is 1.69. The number of benzene rings is 1. The molecule has 3 atom stereocenters. The monoisotopic (exact) mass is 342 g/mol. The molecular formula is C17H27ClN2O3. The predicted molar refractivity (Wildman–Crippen MR) is 93.5 cm³/mol. The Hall–Kier alpha value is -1.46. The summed E-state index contributed by atoms with van der Waals surface area (Å²) in [5.74, 6) is 1.63. The molecule has 0 aliphatic carbocycles. The minimum atomic E-state index is -0.112. The highest BCUT2D eigenvalue weighted by atomic mass is 35.5. The normalized spacial score (nSPS) is 21.7. The first kappa shape index (κ1) is 19.6. The number of carbonyl (C=O) groups is 1. The summed E-state index contributed by atoms with van der Waals surface area (Å²) in [4.78, 5) is 12.2. The van der Waals surface area contributed by atoms with E-state index < -0.39 is 0 Å². The average Bonchev–Trinajstić information content (AvgIpc) is 2.53. The first-order valence-corrected chi connectivity index (χ1v) is 7.91. The molecule has 0 saturated carbocycles. The van der Waals surface area contributed by atoms with Crippen molar-refractivity contribution in [2.24, 2.45) is 5.92 Å². The molecule has 23 heavy (non-hydrogen) atoms. The second-order valence-electron chi connectivity index (χ2n) is 5.90. The molecule has 1 amide bonds. The van der Waals surface area contributed by atoms with E-state index in [9.17, 15) is 4.79 Å². The summed E-state index contributed by atoms with van der Waals surface area (Å²) >= 11 is 0. The van der Waals surface area contributed by atoms with Crippen molar-refractivity contribution in [3.63, 3.8) is 0 Å². The fraction of sp³-hybridized carbons (Fsp3) is 0.588. The van der Waals surface area contributed by atoms with Gasteiger partial charge in [-0.1, -0.05) is 12.1 Å². The Bertz CT molecular complexity index is 498. The molecule has 1 heterocycles. The highest BCUT2D eigenvalue weighted by Gasteiger charge is 2.24. The Morgan fingerprint density at radius 3 is 2.74 bits per heavy atom. The third-order valence-corrected chi connectivity index (χ3v) is 3.96. The van der Waals surface area contributed by atoms with Crippen LogP contribution in [0.4, 0.5) is 0 Å². The zero-order chi connectivity index (χ0) is 15.9. The lowest BCUT2D eigenvalue weighted by Gasteiger charge is -2.27. The van der Waals surface area contributed by atoms with E-state index in [1.807, 2.05) is 31.2 Å². The number of methoxy groups -OCH3 is 1. The van der Waals surface area contributed by atoms with Gasteiger partial charge in [0.15, 0.2) is 11.5 Å². The van der Waals surface area contributed by atoms with Gasteiger partial charge in [0, 0.05) is 12.0 Å². The summed E-state index contributed by atoms with van der Waals surface area (Å²) in [6, 6.07) is 7.94. The van der Waals surface area contributed by atoms with Gasteiger partial charge in [-0.2, -0.15) is 0 Å². The van der Waals surface area contributed by atoms with E-state index >= 15 is 0 Å². The number of hydrogen-bond acceptors (Lipinski definition) is 4. The number of amides is 1. The van der Waals surface area contributed by atoms with Crippen LogP contribution in [-0.2, 0) is 4.79 Å². The van der Waals surface area contributed by atoms with Crippen molar-refractivity contribution in [3.05, 3.63) is 24.3 Å². The molecule has 0 radical (unpaired) electrons. The van der Waals surface area contributed by atoms with Gasteiger partial charge in [-0.15, -0.1) is 12.4 Å². The Morgan fingerprint density at radius 1 is 1.39 bits per heavy atom. The van der Waals surface area contributed by atoms with Crippen molar-refractivity contribution in [1.29, 1.82) is 0 Å². The number of nitrogens with one attached hydrogen (secondary N) is 2. The van der Waals surface area contributed by atoms with Gasteiger partial charge < -0.3 is 20.1 Å². The fourth-order valence-electron chi connectivity index (χ4n) is 2.73. The molecule has 2 N–H and O–H groups in total. The Labute approximate surface area is 144 Å². The van der Waals surface area contributed by atoms with Gasteiger partial charge >= 0.3 is 0 Å².